The topological polar surface area (TPSA) is 70.0 Å². The Morgan fingerprint density at radius 1 is 0.925 bits per heavy atom. The summed E-state index contributed by atoms with van der Waals surface area (Å²) in [5.74, 6) is 1.88. The maximum Gasteiger partial charge on any atom is 0.406 e. The number of alkyl halides is 3. The minimum absolute atomic E-state index is 0.00747. The highest BCUT2D eigenvalue weighted by molar-refractivity contribution is 5.73. The number of ether oxygens (including phenoxy) is 1. The Hall–Kier alpha value is -0.860. The molecule has 0 bridgehead atoms. The van der Waals surface area contributed by atoms with Crippen molar-refractivity contribution in [2.75, 3.05) is 20.2 Å². The van der Waals surface area contributed by atoms with Gasteiger partial charge in [0, 0.05) is 20.6 Å². The van der Waals surface area contributed by atoms with Gasteiger partial charge in [-0.15, -0.1) is 0 Å². The summed E-state index contributed by atoms with van der Waals surface area (Å²) < 4.78 is 45.6. The fourth-order valence-electron chi connectivity index (χ4n) is 11.2. The predicted molar refractivity (Wildman–Crippen MR) is 149 cm³/mol. The zero-order valence-corrected chi connectivity index (χ0v) is 25.8. The summed E-state index contributed by atoms with van der Waals surface area (Å²) in [7, 11) is 1.00. The van der Waals surface area contributed by atoms with E-state index in [0.29, 0.717) is 34.5 Å². The number of rotatable bonds is 3. The molecule has 0 aromatic carbocycles. The first-order valence-corrected chi connectivity index (χ1v) is 15.8. The highest BCUT2D eigenvalue weighted by Gasteiger charge is 2.80. The van der Waals surface area contributed by atoms with Crippen LogP contribution >= 0.6 is 0 Å². The second-order valence-electron chi connectivity index (χ2n) is 14.4. The number of aliphatic hydroxyl groups is 2. The van der Waals surface area contributed by atoms with Gasteiger partial charge >= 0.3 is 6.18 Å². The number of carbonyl (C=O) groups is 1. The van der Waals surface area contributed by atoms with Crippen molar-refractivity contribution in [2.45, 2.75) is 130 Å². The van der Waals surface area contributed by atoms with Gasteiger partial charge in [0.1, 0.15) is 6.54 Å². The summed E-state index contributed by atoms with van der Waals surface area (Å²) in [6.45, 7) is 11.1. The molecule has 10 atom stereocenters. The summed E-state index contributed by atoms with van der Waals surface area (Å²) in [4.78, 5) is 12.8. The molecule has 0 aromatic heterocycles. The van der Waals surface area contributed by atoms with Crippen molar-refractivity contribution in [3.63, 3.8) is 0 Å². The monoisotopic (exact) mass is 573 g/mol. The average molecular weight is 574 g/mol. The summed E-state index contributed by atoms with van der Waals surface area (Å²) in [6, 6.07) is 0. The number of hydrogen-bond acceptors (Lipinski definition) is 4. The number of carbonyl (C=O) groups excluding carboxylic acids is 1. The number of aliphatic hydroxyl groups excluding tert-OH is 2. The second-order valence-corrected chi connectivity index (χ2v) is 14.4. The van der Waals surface area contributed by atoms with Crippen molar-refractivity contribution in [3.05, 3.63) is 0 Å². The van der Waals surface area contributed by atoms with E-state index in [1.165, 1.54) is 45.4 Å². The van der Waals surface area contributed by atoms with E-state index < -0.39 is 18.6 Å². The predicted octanol–water partition coefficient (Wildman–Crippen LogP) is 6.60. The minimum Gasteiger partial charge on any atom is -0.400 e. The maximum absolute atomic E-state index is 13.0. The lowest BCUT2D eigenvalue weighted by Gasteiger charge is -2.59. The molecule has 5 aliphatic carbocycles. The van der Waals surface area contributed by atoms with Gasteiger partial charge in [0.15, 0.2) is 0 Å². The first kappa shape index (κ1) is 32.1. The standard InChI is InChI=1S/C29H44F3NO3.C2H6.CH4O/c1-17(34)33(16-29(30,31)32)14-18-5-6-20-22(36-18)13-21-19-7-8-23-25(2,3)24(35)9-10-28(23)15-27(19,28)12-11-26(20,21)4;2*1-2/h18-24,35H,5-16H2,1-4H3;1-2H3;2H,1H3/t18?,19?,20?,21?,22?,23?,24-,26?,27-,28?;;/m0../s1. The fourth-order valence-corrected chi connectivity index (χ4v) is 11.2. The van der Waals surface area contributed by atoms with Crippen LogP contribution < -0.4 is 0 Å². The van der Waals surface area contributed by atoms with Crippen LogP contribution in [0, 0.1) is 45.3 Å². The third-order valence-electron chi connectivity index (χ3n) is 12.9. The highest BCUT2D eigenvalue weighted by Crippen LogP contribution is 2.87. The molecule has 0 radical (unpaired) electrons. The van der Waals surface area contributed by atoms with E-state index in [-0.39, 0.29) is 35.7 Å². The van der Waals surface area contributed by atoms with Gasteiger partial charge in [0.05, 0.1) is 18.3 Å². The van der Waals surface area contributed by atoms with E-state index in [1.54, 1.807) is 0 Å². The van der Waals surface area contributed by atoms with Crippen LogP contribution in [-0.2, 0) is 9.53 Å². The molecule has 8 heteroatoms. The summed E-state index contributed by atoms with van der Waals surface area (Å²) >= 11 is 0. The van der Waals surface area contributed by atoms with E-state index in [9.17, 15) is 23.1 Å². The van der Waals surface area contributed by atoms with Gasteiger partial charge in [0.2, 0.25) is 5.91 Å². The van der Waals surface area contributed by atoms with Gasteiger partial charge in [-0.2, -0.15) is 13.2 Å². The van der Waals surface area contributed by atoms with Crippen LogP contribution in [0.2, 0.25) is 0 Å². The highest BCUT2D eigenvalue weighted by atomic mass is 19.4. The first-order chi connectivity index (χ1) is 18.7. The molecule has 8 unspecified atom stereocenters. The molecule has 6 rings (SSSR count). The van der Waals surface area contributed by atoms with Crippen molar-refractivity contribution >= 4 is 5.91 Å². The van der Waals surface area contributed by atoms with Gasteiger partial charge in [-0.1, -0.05) is 34.6 Å². The molecule has 6 fully saturated rings. The SMILES string of the molecule is CC.CC(=O)N(CC1CCC2C(CC3C4CCC5C(C)(C)[C@@H](O)CCC56C[C@@]46CCC23C)O1)CC(F)(F)F.CO. The number of halogens is 3. The Morgan fingerprint density at radius 3 is 2.20 bits per heavy atom. The van der Waals surface area contributed by atoms with Crippen molar-refractivity contribution in [1.29, 1.82) is 0 Å². The van der Waals surface area contributed by atoms with Gasteiger partial charge in [-0.05, 0) is 110 Å². The van der Waals surface area contributed by atoms with Crippen LogP contribution in [-0.4, -0.2) is 65.7 Å². The molecular weight excluding hydrogens is 519 g/mol. The minimum atomic E-state index is -4.39. The molecule has 1 saturated heterocycles. The van der Waals surface area contributed by atoms with E-state index in [0.717, 1.165) is 37.7 Å². The molecule has 0 aromatic rings. The molecule has 2 spiro atoms. The van der Waals surface area contributed by atoms with Crippen LogP contribution in [0.4, 0.5) is 13.2 Å². The van der Waals surface area contributed by atoms with Crippen LogP contribution in [0.3, 0.4) is 0 Å². The zero-order valence-electron chi connectivity index (χ0n) is 25.8. The number of hydrogen-bond donors (Lipinski definition) is 2. The fraction of sp³-hybridized carbons (Fsp3) is 0.969. The molecule has 1 aliphatic heterocycles. The Kier molecular flexibility index (Phi) is 8.82. The normalized spacial score (nSPS) is 46.0. The van der Waals surface area contributed by atoms with Gasteiger partial charge in [-0.25, -0.2) is 0 Å². The third kappa shape index (κ3) is 4.84. The van der Waals surface area contributed by atoms with Crippen LogP contribution in [0.1, 0.15) is 106 Å². The Balaban J connectivity index is 0.000000886. The lowest BCUT2D eigenvalue weighted by atomic mass is 9.46. The summed E-state index contributed by atoms with van der Waals surface area (Å²) in [5.41, 5.74) is 1.09. The second kappa shape index (κ2) is 11.0. The molecular formula is C32H54F3NO4. The zero-order chi connectivity index (χ0) is 29.9. The number of fused-ring (bicyclic) bond motifs is 4. The average Bonchev–Trinajstić information content (AvgIpc) is 3.48. The van der Waals surface area contributed by atoms with Crippen LogP contribution in [0.5, 0.6) is 0 Å². The summed E-state index contributed by atoms with van der Waals surface area (Å²) in [6.07, 6.45) is 6.39. The van der Waals surface area contributed by atoms with Crippen LogP contribution in [0.15, 0.2) is 0 Å². The molecule has 2 N–H and O–H groups in total. The van der Waals surface area contributed by atoms with Crippen molar-refractivity contribution < 1.29 is 32.9 Å². The molecule has 1 amide bonds. The van der Waals surface area contributed by atoms with E-state index in [1.807, 2.05) is 13.8 Å². The Bertz CT molecular complexity index is 926. The van der Waals surface area contributed by atoms with Crippen molar-refractivity contribution in [2.24, 2.45) is 45.3 Å². The Labute approximate surface area is 239 Å². The Morgan fingerprint density at radius 2 is 1.57 bits per heavy atom. The molecule has 6 aliphatic rings. The van der Waals surface area contributed by atoms with Gasteiger partial charge in [-0.3, -0.25) is 4.79 Å². The van der Waals surface area contributed by atoms with Gasteiger partial charge in [0.25, 0.3) is 0 Å². The lowest BCUT2D eigenvalue weighted by Crippen LogP contribution is -2.54. The maximum atomic E-state index is 13.0. The van der Waals surface area contributed by atoms with E-state index >= 15 is 0 Å². The third-order valence-corrected chi connectivity index (χ3v) is 12.9. The van der Waals surface area contributed by atoms with Crippen LogP contribution in [0.25, 0.3) is 0 Å². The largest absolute Gasteiger partial charge is 0.406 e. The quantitative estimate of drug-likeness (QED) is 0.399. The lowest BCUT2D eigenvalue weighted by molar-refractivity contribution is -0.168. The number of nitrogens with zero attached hydrogens (tertiary/aromatic N) is 1. The molecule has 1 heterocycles. The molecule has 40 heavy (non-hydrogen) atoms. The number of amides is 1. The van der Waals surface area contributed by atoms with Crippen molar-refractivity contribution in [1.82, 2.24) is 4.90 Å². The molecule has 5 nitrogen and oxygen atoms in total. The summed E-state index contributed by atoms with van der Waals surface area (Å²) in [5, 5.41) is 17.8. The van der Waals surface area contributed by atoms with Crippen molar-refractivity contribution in [3.8, 4) is 0 Å². The first-order valence-electron chi connectivity index (χ1n) is 15.8. The smallest absolute Gasteiger partial charge is 0.400 e. The van der Waals surface area contributed by atoms with E-state index in [4.69, 9.17) is 9.84 Å². The van der Waals surface area contributed by atoms with E-state index in [2.05, 4.69) is 20.8 Å². The molecule has 5 saturated carbocycles. The van der Waals surface area contributed by atoms with Gasteiger partial charge < -0.3 is 19.8 Å². The molecule has 232 valence electrons.